The molecule has 18 heavy (non-hydrogen) atoms. The number of carboxylic acid groups (broad SMARTS) is 1. The summed E-state index contributed by atoms with van der Waals surface area (Å²) in [7, 11) is 0. The maximum atomic E-state index is 9.11. The molecule has 0 atom stereocenters. The average Bonchev–Trinajstić information content (AvgIpc) is 2.82. The van der Waals surface area contributed by atoms with Gasteiger partial charge < -0.3 is 14.6 Å². The predicted octanol–water partition coefficient (Wildman–Crippen LogP) is 2.84. The maximum Gasteiger partial charge on any atom is 0.300 e. The molecule has 0 fully saturated rings. The van der Waals surface area contributed by atoms with Crippen LogP contribution in [-0.4, -0.2) is 16.2 Å². The van der Waals surface area contributed by atoms with E-state index < -0.39 is 5.97 Å². The minimum absolute atomic E-state index is 0.0698. The van der Waals surface area contributed by atoms with Gasteiger partial charge in [0.2, 0.25) is 0 Å². The highest BCUT2D eigenvalue weighted by atomic mass is 16.4. The number of aliphatic carboxylic acids is 1. The zero-order valence-corrected chi connectivity index (χ0v) is 10.4. The van der Waals surface area contributed by atoms with Gasteiger partial charge in [-0.2, -0.15) is 0 Å². The molecule has 0 bridgehead atoms. The minimum Gasteiger partial charge on any atom is -0.481 e. The van der Waals surface area contributed by atoms with Crippen molar-refractivity contribution in [1.82, 2.24) is 0 Å². The van der Waals surface area contributed by atoms with E-state index in [1.54, 1.807) is 6.26 Å². The van der Waals surface area contributed by atoms with Crippen LogP contribution in [0.1, 0.15) is 18.1 Å². The van der Waals surface area contributed by atoms with Gasteiger partial charge in [-0.1, -0.05) is 18.2 Å². The van der Waals surface area contributed by atoms with E-state index in [4.69, 9.17) is 19.4 Å². The molecule has 0 saturated carbocycles. The summed E-state index contributed by atoms with van der Waals surface area (Å²) in [5, 5.41) is 16.5. The summed E-state index contributed by atoms with van der Waals surface area (Å²) in [6.07, 6.45) is 1.65. The fourth-order valence-corrected chi connectivity index (χ4v) is 1.55. The second-order valence-electron chi connectivity index (χ2n) is 3.74. The molecule has 2 rings (SSSR count). The summed E-state index contributed by atoms with van der Waals surface area (Å²) in [6.45, 7) is 3.14. The molecule has 0 aliphatic carbocycles. The Hall–Kier alpha value is -2.07. The number of aliphatic hydroxyl groups is 1. The smallest absolute Gasteiger partial charge is 0.300 e. The third-order valence-electron chi connectivity index (χ3n) is 2.40. The Morgan fingerprint density at radius 2 is 1.94 bits per heavy atom. The van der Waals surface area contributed by atoms with E-state index in [9.17, 15) is 0 Å². The van der Waals surface area contributed by atoms with Gasteiger partial charge in [0.1, 0.15) is 5.76 Å². The zero-order chi connectivity index (χ0) is 13.5. The molecule has 0 amide bonds. The van der Waals surface area contributed by atoms with E-state index in [-0.39, 0.29) is 6.61 Å². The van der Waals surface area contributed by atoms with Gasteiger partial charge in [0.25, 0.3) is 5.97 Å². The van der Waals surface area contributed by atoms with Crippen molar-refractivity contribution in [3.05, 3.63) is 47.7 Å². The van der Waals surface area contributed by atoms with E-state index in [0.29, 0.717) is 0 Å². The number of hydrogen-bond acceptors (Lipinski definition) is 3. The molecule has 96 valence electrons. The number of hydrogen-bond donors (Lipinski definition) is 2. The molecule has 1 aromatic heterocycles. The SMILES string of the molecule is CC(=O)O.Cc1c(CO)cccc1-c1ccco1. The Kier molecular flexibility index (Phi) is 5.14. The van der Waals surface area contributed by atoms with E-state index in [1.165, 1.54) is 0 Å². The first-order chi connectivity index (χ1) is 8.56. The molecule has 1 aromatic carbocycles. The highest BCUT2D eigenvalue weighted by Crippen LogP contribution is 2.25. The van der Waals surface area contributed by atoms with Crippen LogP contribution in [0.25, 0.3) is 11.3 Å². The standard InChI is InChI=1S/C12H12O2.C2H4O2/c1-9-10(8-13)4-2-5-11(9)12-6-3-7-14-12;1-2(3)4/h2-7,13H,8H2,1H3;1H3,(H,3,4). The van der Waals surface area contributed by atoms with Crippen LogP contribution in [0, 0.1) is 6.92 Å². The topological polar surface area (TPSA) is 70.7 Å². The fourth-order valence-electron chi connectivity index (χ4n) is 1.55. The maximum absolute atomic E-state index is 9.11. The van der Waals surface area contributed by atoms with Crippen molar-refractivity contribution in [3.8, 4) is 11.3 Å². The normalized spacial score (nSPS) is 9.50. The van der Waals surface area contributed by atoms with Crippen LogP contribution in [-0.2, 0) is 11.4 Å². The van der Waals surface area contributed by atoms with Gasteiger partial charge in [-0.25, -0.2) is 0 Å². The third-order valence-corrected chi connectivity index (χ3v) is 2.40. The first kappa shape index (κ1) is 14.0. The van der Waals surface area contributed by atoms with Gasteiger partial charge in [-0.3, -0.25) is 4.79 Å². The largest absolute Gasteiger partial charge is 0.481 e. The fraction of sp³-hybridized carbons (Fsp3) is 0.214. The van der Waals surface area contributed by atoms with Gasteiger partial charge in [0.05, 0.1) is 12.9 Å². The van der Waals surface area contributed by atoms with Gasteiger partial charge in [-0.15, -0.1) is 0 Å². The van der Waals surface area contributed by atoms with Gasteiger partial charge >= 0.3 is 0 Å². The highest BCUT2D eigenvalue weighted by molar-refractivity contribution is 5.63. The molecule has 0 spiro atoms. The van der Waals surface area contributed by atoms with Crippen molar-refractivity contribution in [2.45, 2.75) is 20.5 Å². The first-order valence-corrected chi connectivity index (χ1v) is 5.49. The molecule has 0 unspecified atom stereocenters. The van der Waals surface area contributed by atoms with Crippen molar-refractivity contribution in [2.24, 2.45) is 0 Å². The molecule has 0 saturated heterocycles. The lowest BCUT2D eigenvalue weighted by atomic mass is 10.0. The summed E-state index contributed by atoms with van der Waals surface area (Å²) in [6, 6.07) is 9.62. The van der Waals surface area contributed by atoms with Crippen LogP contribution in [0.3, 0.4) is 0 Å². The van der Waals surface area contributed by atoms with Crippen LogP contribution < -0.4 is 0 Å². The molecular weight excluding hydrogens is 232 g/mol. The summed E-state index contributed by atoms with van der Waals surface area (Å²) in [5.74, 6) is 0.0119. The quantitative estimate of drug-likeness (QED) is 0.857. The average molecular weight is 248 g/mol. The number of furan rings is 1. The number of benzene rings is 1. The Morgan fingerprint density at radius 1 is 1.28 bits per heavy atom. The van der Waals surface area contributed by atoms with Crippen molar-refractivity contribution in [3.63, 3.8) is 0 Å². The van der Waals surface area contributed by atoms with Gasteiger partial charge in [-0.05, 0) is 30.2 Å². The lowest BCUT2D eigenvalue weighted by Crippen LogP contribution is -1.90. The number of carbonyl (C=O) groups is 1. The number of aliphatic hydroxyl groups excluding tert-OH is 1. The Morgan fingerprint density at radius 3 is 2.44 bits per heavy atom. The lowest BCUT2D eigenvalue weighted by Gasteiger charge is -2.06. The Balaban J connectivity index is 0.000000357. The summed E-state index contributed by atoms with van der Waals surface area (Å²) >= 11 is 0. The van der Waals surface area contributed by atoms with E-state index >= 15 is 0 Å². The number of carboxylic acids is 1. The summed E-state index contributed by atoms with van der Waals surface area (Å²) in [5.41, 5.74) is 3.06. The molecule has 4 nitrogen and oxygen atoms in total. The first-order valence-electron chi connectivity index (χ1n) is 5.49. The van der Waals surface area contributed by atoms with Crippen LogP contribution in [0.2, 0.25) is 0 Å². The lowest BCUT2D eigenvalue weighted by molar-refractivity contribution is -0.134. The summed E-state index contributed by atoms with van der Waals surface area (Å²) < 4.78 is 5.32. The van der Waals surface area contributed by atoms with Crippen molar-refractivity contribution in [1.29, 1.82) is 0 Å². The molecule has 2 aromatic rings. The van der Waals surface area contributed by atoms with Crippen molar-refractivity contribution in [2.75, 3.05) is 0 Å². The second kappa shape index (κ2) is 6.61. The highest BCUT2D eigenvalue weighted by Gasteiger charge is 2.06. The van der Waals surface area contributed by atoms with Crippen LogP contribution in [0.5, 0.6) is 0 Å². The molecule has 4 heteroatoms. The van der Waals surface area contributed by atoms with E-state index in [1.807, 2.05) is 37.3 Å². The van der Waals surface area contributed by atoms with E-state index in [0.717, 1.165) is 29.4 Å². The second-order valence-corrected chi connectivity index (χ2v) is 3.74. The van der Waals surface area contributed by atoms with Crippen LogP contribution in [0.15, 0.2) is 41.0 Å². The van der Waals surface area contributed by atoms with E-state index in [2.05, 4.69) is 0 Å². The number of rotatable bonds is 2. The zero-order valence-electron chi connectivity index (χ0n) is 10.4. The molecule has 1 heterocycles. The molecule has 2 N–H and O–H groups in total. The van der Waals surface area contributed by atoms with Crippen LogP contribution in [0.4, 0.5) is 0 Å². The predicted molar refractivity (Wildman–Crippen MR) is 68.1 cm³/mol. The summed E-state index contributed by atoms with van der Waals surface area (Å²) in [4.78, 5) is 9.00. The third kappa shape index (κ3) is 3.75. The minimum atomic E-state index is -0.833. The molecule has 0 aliphatic rings. The van der Waals surface area contributed by atoms with Gasteiger partial charge in [0, 0.05) is 12.5 Å². The Labute approximate surface area is 105 Å². The van der Waals surface area contributed by atoms with Gasteiger partial charge in [0.15, 0.2) is 0 Å². The molecule has 0 aliphatic heterocycles. The molecule has 0 radical (unpaired) electrons. The van der Waals surface area contributed by atoms with Crippen molar-refractivity contribution >= 4 is 5.97 Å². The molecular formula is C14H16O4. The van der Waals surface area contributed by atoms with Crippen molar-refractivity contribution < 1.29 is 19.4 Å². The van der Waals surface area contributed by atoms with Crippen LogP contribution >= 0.6 is 0 Å². The monoisotopic (exact) mass is 248 g/mol. The Bertz CT molecular complexity index is 497.